The summed E-state index contributed by atoms with van der Waals surface area (Å²) in [6.45, 7) is 4.92. The second-order valence-electron chi connectivity index (χ2n) is 9.71. The van der Waals surface area contributed by atoms with Gasteiger partial charge in [0.1, 0.15) is 5.69 Å². The first-order valence-electron chi connectivity index (χ1n) is 13.2. The predicted molar refractivity (Wildman–Crippen MR) is 153 cm³/mol. The van der Waals surface area contributed by atoms with Gasteiger partial charge in [-0.3, -0.25) is 34.2 Å². The summed E-state index contributed by atoms with van der Waals surface area (Å²) in [5.74, 6) is 0.719. The summed E-state index contributed by atoms with van der Waals surface area (Å²) >= 11 is 6.28. The Morgan fingerprint density at radius 1 is 0.878 bits per heavy atom. The van der Waals surface area contributed by atoms with Crippen LogP contribution < -0.4 is 0 Å². The molecular formula is C27H34ClN9O4. The highest BCUT2D eigenvalue weighted by atomic mass is 35.5. The number of aliphatic carboxylic acids is 2. The summed E-state index contributed by atoms with van der Waals surface area (Å²) in [5, 5.41) is 23.1. The third kappa shape index (κ3) is 11.7. The number of carboxylic acid groups (broad SMARTS) is 2. The van der Waals surface area contributed by atoms with Gasteiger partial charge in [-0.2, -0.15) is 0 Å². The first-order valence-corrected chi connectivity index (χ1v) is 13.5. The van der Waals surface area contributed by atoms with Crippen LogP contribution in [0.4, 0.5) is 0 Å². The Morgan fingerprint density at radius 2 is 1.39 bits per heavy atom. The third-order valence-corrected chi connectivity index (χ3v) is 6.78. The topological polar surface area (TPSA) is 162 Å². The number of halogens is 1. The lowest BCUT2D eigenvalue weighted by Crippen LogP contribution is -2.47. The number of nitrogens with zero attached hydrogens (tertiary/aromatic N) is 9. The van der Waals surface area contributed by atoms with Gasteiger partial charge < -0.3 is 10.2 Å². The van der Waals surface area contributed by atoms with Gasteiger partial charge in [-0.1, -0.05) is 28.7 Å². The minimum absolute atomic E-state index is 0.0713. The Labute approximate surface area is 244 Å². The van der Waals surface area contributed by atoms with E-state index in [-0.39, 0.29) is 19.6 Å². The van der Waals surface area contributed by atoms with Crippen LogP contribution in [0.15, 0.2) is 35.4 Å². The second kappa shape index (κ2) is 16.5. The molecule has 41 heavy (non-hydrogen) atoms. The molecule has 0 aliphatic carbocycles. The van der Waals surface area contributed by atoms with Crippen molar-refractivity contribution in [1.29, 1.82) is 0 Å². The highest BCUT2D eigenvalue weighted by Gasteiger charge is 2.20. The number of rotatable bonds is 10. The molecule has 1 fully saturated rings. The molecule has 1 aliphatic rings. The van der Waals surface area contributed by atoms with E-state index in [2.05, 4.69) is 35.7 Å². The van der Waals surface area contributed by atoms with Crippen LogP contribution in [-0.4, -0.2) is 117 Å². The maximum Gasteiger partial charge on any atom is 0.317 e. The fourth-order valence-corrected chi connectivity index (χ4v) is 4.83. The fourth-order valence-electron chi connectivity index (χ4n) is 4.57. The average molecular weight is 584 g/mol. The van der Waals surface area contributed by atoms with Gasteiger partial charge in [0.05, 0.1) is 31.0 Å². The van der Waals surface area contributed by atoms with Crippen LogP contribution in [0.1, 0.15) is 22.8 Å². The Balaban J connectivity index is 1.80. The largest absolute Gasteiger partial charge is 0.480 e. The molecular weight excluding hydrogens is 550 g/mol. The van der Waals surface area contributed by atoms with Gasteiger partial charge in [0.15, 0.2) is 0 Å². The summed E-state index contributed by atoms with van der Waals surface area (Å²) in [6, 6.07) is 8.88. The van der Waals surface area contributed by atoms with Crippen LogP contribution in [0.5, 0.6) is 0 Å². The van der Waals surface area contributed by atoms with Crippen molar-refractivity contribution in [3.05, 3.63) is 68.6 Å². The highest BCUT2D eigenvalue weighted by Crippen LogP contribution is 2.15. The van der Waals surface area contributed by atoms with Crippen molar-refractivity contribution in [2.75, 3.05) is 65.4 Å². The van der Waals surface area contributed by atoms with Crippen LogP contribution in [-0.2, 0) is 29.2 Å². The summed E-state index contributed by atoms with van der Waals surface area (Å²) in [4.78, 5) is 43.2. The molecule has 14 heteroatoms. The molecule has 0 spiro atoms. The molecule has 0 bridgehead atoms. The maximum absolute atomic E-state index is 11.6. The highest BCUT2D eigenvalue weighted by molar-refractivity contribution is 6.30. The number of hydrogen-bond donors (Lipinski definition) is 2. The summed E-state index contributed by atoms with van der Waals surface area (Å²) in [7, 11) is 0. The zero-order valence-corrected chi connectivity index (χ0v) is 23.5. The van der Waals surface area contributed by atoms with Gasteiger partial charge in [0, 0.05) is 81.1 Å². The van der Waals surface area contributed by atoms with Gasteiger partial charge >= 0.3 is 11.9 Å². The van der Waals surface area contributed by atoms with E-state index < -0.39 is 11.9 Å². The van der Waals surface area contributed by atoms with E-state index >= 15 is 0 Å². The van der Waals surface area contributed by atoms with Crippen LogP contribution in [0.2, 0.25) is 5.02 Å². The molecule has 2 N–H and O–H groups in total. The summed E-state index contributed by atoms with van der Waals surface area (Å²) in [6.07, 6.45) is 5.51. The minimum Gasteiger partial charge on any atom is -0.480 e. The molecule has 0 amide bonds. The SMILES string of the molecule is C#Cc1cccc(CN2CCN(CC(=O)O)CCN(Cc3cc(Cl)cc(CN=[N+]=[N-])n3)CCN(CC(=O)O)CC2)n1. The van der Waals surface area contributed by atoms with Crippen LogP contribution in [0, 0.1) is 12.3 Å². The Hall–Kier alpha value is -3.76. The van der Waals surface area contributed by atoms with Crippen molar-refractivity contribution >= 4 is 23.5 Å². The summed E-state index contributed by atoms with van der Waals surface area (Å²) < 4.78 is 0. The van der Waals surface area contributed by atoms with Gasteiger partial charge in [0.2, 0.25) is 0 Å². The van der Waals surface area contributed by atoms with E-state index in [0.717, 1.165) is 5.69 Å². The number of pyridine rings is 2. The Bertz CT molecular complexity index is 1250. The zero-order valence-electron chi connectivity index (χ0n) is 22.8. The van der Waals surface area contributed by atoms with Crippen molar-refractivity contribution in [3.63, 3.8) is 0 Å². The smallest absolute Gasteiger partial charge is 0.317 e. The predicted octanol–water partition coefficient (Wildman–Crippen LogP) is 2.01. The Morgan fingerprint density at radius 3 is 1.90 bits per heavy atom. The third-order valence-electron chi connectivity index (χ3n) is 6.57. The van der Waals surface area contributed by atoms with Crippen LogP contribution in [0.3, 0.4) is 0 Å². The number of azide groups is 1. The van der Waals surface area contributed by atoms with E-state index in [0.29, 0.717) is 87.6 Å². The van der Waals surface area contributed by atoms with Gasteiger partial charge in [-0.25, -0.2) is 4.98 Å². The first kappa shape index (κ1) is 31.8. The lowest BCUT2D eigenvalue weighted by Gasteiger charge is -2.33. The quantitative estimate of drug-likeness (QED) is 0.183. The van der Waals surface area contributed by atoms with Crippen molar-refractivity contribution in [3.8, 4) is 12.3 Å². The van der Waals surface area contributed by atoms with Crippen LogP contribution in [0.25, 0.3) is 10.4 Å². The molecule has 0 radical (unpaired) electrons. The molecule has 13 nitrogen and oxygen atoms in total. The van der Waals surface area contributed by atoms with E-state index in [1.807, 2.05) is 21.9 Å². The second-order valence-corrected chi connectivity index (χ2v) is 10.1. The van der Waals surface area contributed by atoms with Gasteiger partial charge in [-0.15, -0.1) is 6.42 Å². The number of carbonyl (C=O) groups is 2. The molecule has 1 saturated heterocycles. The molecule has 1 aliphatic heterocycles. The average Bonchev–Trinajstić information content (AvgIpc) is 2.92. The Kier molecular flexibility index (Phi) is 12.8. The van der Waals surface area contributed by atoms with Gasteiger partial charge in [-0.05, 0) is 29.8 Å². The van der Waals surface area contributed by atoms with Crippen molar-refractivity contribution in [2.24, 2.45) is 5.11 Å². The van der Waals surface area contributed by atoms with Crippen LogP contribution >= 0.6 is 11.6 Å². The van der Waals surface area contributed by atoms with Gasteiger partial charge in [0.25, 0.3) is 0 Å². The molecule has 0 saturated carbocycles. The molecule has 218 valence electrons. The maximum atomic E-state index is 11.6. The van der Waals surface area contributed by atoms with E-state index in [1.54, 1.807) is 18.2 Å². The van der Waals surface area contributed by atoms with Crippen molar-refractivity contribution in [1.82, 2.24) is 29.6 Å². The van der Waals surface area contributed by atoms with E-state index in [4.69, 9.17) is 23.6 Å². The number of carboxylic acids is 2. The molecule has 2 aromatic heterocycles. The normalized spacial score (nSPS) is 16.6. The lowest BCUT2D eigenvalue weighted by atomic mass is 10.2. The monoisotopic (exact) mass is 583 g/mol. The fraction of sp³-hybridized carbons (Fsp3) is 0.481. The molecule has 3 heterocycles. The lowest BCUT2D eigenvalue weighted by molar-refractivity contribution is -0.139. The number of hydrogen-bond acceptors (Lipinski definition) is 9. The molecule has 0 unspecified atom stereocenters. The summed E-state index contributed by atoms with van der Waals surface area (Å²) in [5.41, 5.74) is 11.2. The number of terminal acetylenes is 1. The van der Waals surface area contributed by atoms with E-state index in [9.17, 15) is 19.8 Å². The molecule has 2 aromatic rings. The molecule has 0 aromatic carbocycles. The zero-order chi connectivity index (χ0) is 29.6. The molecule has 0 atom stereocenters. The minimum atomic E-state index is -0.912. The molecule has 3 rings (SSSR count). The standard InChI is InChI=1S/C27H34ClN9O4/c1-2-22-4-3-5-23(31-22)17-34-6-10-36(19-26(38)39)12-8-35(9-13-37(11-7-34)20-27(40)41)18-25-15-21(28)14-24(32-25)16-30-33-29/h1,3-5,14-15H,6-13,16-20H2,(H,38,39)(H,40,41). The van der Waals surface area contributed by atoms with Crippen molar-refractivity contribution < 1.29 is 19.8 Å². The first-order chi connectivity index (χ1) is 19.7. The van der Waals surface area contributed by atoms with E-state index in [1.165, 1.54) is 0 Å². The van der Waals surface area contributed by atoms with Crippen molar-refractivity contribution in [2.45, 2.75) is 19.6 Å². The number of aromatic nitrogens is 2.